The highest BCUT2D eigenvalue weighted by atomic mass is 32.2. The fourth-order valence-corrected chi connectivity index (χ4v) is 6.36. The number of hydrogen-bond donors (Lipinski definition) is 1. The average molecular weight is 452 g/mol. The Balaban J connectivity index is 1.45. The second-order valence-corrected chi connectivity index (χ2v) is 10.4. The number of thioether (sulfide) groups is 1. The zero-order valence-electron chi connectivity index (χ0n) is 18.3. The van der Waals surface area contributed by atoms with Crippen LogP contribution in [-0.2, 0) is 4.74 Å². The highest BCUT2D eigenvalue weighted by Crippen LogP contribution is 2.48. The molecule has 0 saturated heterocycles. The van der Waals surface area contributed by atoms with Crippen LogP contribution in [0, 0.1) is 23.7 Å². The number of rotatable bonds is 7. The van der Waals surface area contributed by atoms with E-state index in [2.05, 4.69) is 42.7 Å². The summed E-state index contributed by atoms with van der Waals surface area (Å²) in [5.41, 5.74) is 3.57. The van der Waals surface area contributed by atoms with Gasteiger partial charge in [0.15, 0.2) is 0 Å². The maximum absolute atomic E-state index is 13.1. The second-order valence-electron chi connectivity index (χ2n) is 9.10. The van der Waals surface area contributed by atoms with Crippen LogP contribution in [0.3, 0.4) is 0 Å². The van der Waals surface area contributed by atoms with Gasteiger partial charge in [-0.3, -0.25) is 0 Å². The van der Waals surface area contributed by atoms with Crippen molar-refractivity contribution in [1.29, 1.82) is 0 Å². The first-order valence-corrected chi connectivity index (χ1v) is 12.3. The Morgan fingerprint density at radius 3 is 2.84 bits per heavy atom. The minimum Gasteiger partial charge on any atom is -0.381 e. The first kappa shape index (κ1) is 22.8. The number of halogens is 3. The Labute approximate surface area is 187 Å². The molecule has 0 aromatic carbocycles. The van der Waals surface area contributed by atoms with Crippen LogP contribution in [0.2, 0.25) is 0 Å². The number of alkyl halides is 3. The van der Waals surface area contributed by atoms with Crippen LogP contribution in [0.5, 0.6) is 0 Å². The van der Waals surface area contributed by atoms with Gasteiger partial charge in [0.25, 0.3) is 0 Å². The van der Waals surface area contributed by atoms with E-state index in [0.29, 0.717) is 29.5 Å². The van der Waals surface area contributed by atoms with Crippen molar-refractivity contribution in [3.05, 3.63) is 58.2 Å². The monoisotopic (exact) mass is 451 g/mol. The number of ether oxygens (including phenoxy) is 1. The molecule has 0 aromatic rings. The topological polar surface area (TPSA) is 21.3 Å². The van der Waals surface area contributed by atoms with Crippen LogP contribution in [-0.4, -0.2) is 24.8 Å². The molecule has 4 aliphatic rings. The van der Waals surface area contributed by atoms with Crippen LogP contribution in [0.25, 0.3) is 0 Å². The van der Waals surface area contributed by atoms with E-state index in [1.807, 2.05) is 24.8 Å². The minimum absolute atomic E-state index is 0.102. The molecule has 0 saturated carbocycles. The average Bonchev–Trinajstić information content (AvgIpc) is 3.40. The predicted molar refractivity (Wildman–Crippen MR) is 121 cm³/mol. The molecule has 4 rings (SSSR count). The lowest BCUT2D eigenvalue weighted by Gasteiger charge is -2.32. The van der Waals surface area contributed by atoms with Crippen LogP contribution in [0.15, 0.2) is 58.2 Å². The van der Waals surface area contributed by atoms with Gasteiger partial charge in [-0.25, -0.2) is 0 Å². The summed E-state index contributed by atoms with van der Waals surface area (Å²) in [6.07, 6.45) is 11.6. The van der Waals surface area contributed by atoms with Crippen molar-refractivity contribution in [1.82, 2.24) is 5.32 Å². The molecule has 5 atom stereocenters. The lowest BCUT2D eigenvalue weighted by atomic mass is 9.74. The third kappa shape index (κ3) is 5.33. The molecule has 0 spiro atoms. The zero-order chi connectivity index (χ0) is 22.0. The van der Waals surface area contributed by atoms with E-state index in [0.717, 1.165) is 31.6 Å². The summed E-state index contributed by atoms with van der Waals surface area (Å²) in [6, 6.07) is 0. The molecular weight excluding hydrogens is 419 g/mol. The van der Waals surface area contributed by atoms with E-state index >= 15 is 0 Å². The summed E-state index contributed by atoms with van der Waals surface area (Å²) in [5, 5.41) is 3.89. The predicted octanol–water partition coefficient (Wildman–Crippen LogP) is 6.90. The molecule has 6 heteroatoms. The van der Waals surface area contributed by atoms with Crippen LogP contribution >= 0.6 is 11.8 Å². The van der Waals surface area contributed by atoms with E-state index in [-0.39, 0.29) is 12.8 Å². The molecule has 0 aromatic heterocycles. The van der Waals surface area contributed by atoms with Gasteiger partial charge < -0.3 is 10.1 Å². The smallest absolute Gasteiger partial charge is 0.381 e. The number of fused-ring (bicyclic) bond motifs is 1. The molecule has 170 valence electrons. The van der Waals surface area contributed by atoms with Crippen LogP contribution in [0.4, 0.5) is 13.2 Å². The fourth-order valence-electron chi connectivity index (χ4n) is 4.99. The highest BCUT2D eigenvalue weighted by molar-refractivity contribution is 8.03. The summed E-state index contributed by atoms with van der Waals surface area (Å²) in [5.74, 6) is -0.0228. The summed E-state index contributed by atoms with van der Waals surface area (Å²) < 4.78 is 44.8. The highest BCUT2D eigenvalue weighted by Gasteiger charge is 2.41. The van der Waals surface area contributed by atoms with E-state index in [1.165, 1.54) is 16.1 Å². The van der Waals surface area contributed by atoms with Gasteiger partial charge >= 0.3 is 6.18 Å². The van der Waals surface area contributed by atoms with Gasteiger partial charge in [-0.05, 0) is 61.7 Å². The van der Waals surface area contributed by atoms with E-state index in [4.69, 9.17) is 4.74 Å². The van der Waals surface area contributed by atoms with E-state index in [1.54, 1.807) is 0 Å². The Hall–Kier alpha value is -1.40. The lowest BCUT2D eigenvalue weighted by molar-refractivity contribution is -0.176. The second kappa shape index (κ2) is 9.62. The van der Waals surface area contributed by atoms with Crippen LogP contribution in [0.1, 0.15) is 46.0 Å². The molecule has 1 heterocycles. The largest absolute Gasteiger partial charge is 0.392 e. The molecule has 3 aliphatic carbocycles. The fraction of sp³-hybridized carbons (Fsp3) is 0.600. The maximum atomic E-state index is 13.1. The molecular formula is C25H32F3NOS. The van der Waals surface area contributed by atoms with Gasteiger partial charge in [0, 0.05) is 36.2 Å². The van der Waals surface area contributed by atoms with Gasteiger partial charge in [-0.15, -0.1) is 11.8 Å². The number of allylic oxidation sites excluding steroid dienone is 9. The minimum atomic E-state index is -4.09. The molecule has 31 heavy (non-hydrogen) atoms. The van der Waals surface area contributed by atoms with Crippen molar-refractivity contribution in [3.8, 4) is 0 Å². The van der Waals surface area contributed by atoms with E-state index in [9.17, 15) is 13.2 Å². The first-order chi connectivity index (χ1) is 14.8. The van der Waals surface area contributed by atoms with Crippen molar-refractivity contribution in [2.24, 2.45) is 23.7 Å². The van der Waals surface area contributed by atoms with Crippen molar-refractivity contribution < 1.29 is 17.9 Å². The summed E-state index contributed by atoms with van der Waals surface area (Å²) >= 11 is 1.90. The number of hydrogen-bond acceptors (Lipinski definition) is 3. The lowest BCUT2D eigenvalue weighted by Crippen LogP contribution is -2.25. The third-order valence-corrected chi connectivity index (χ3v) is 8.01. The van der Waals surface area contributed by atoms with Crippen molar-refractivity contribution >= 4 is 11.8 Å². The van der Waals surface area contributed by atoms with Gasteiger partial charge in [-0.2, -0.15) is 13.2 Å². The normalized spacial score (nSPS) is 31.4. The molecule has 1 aliphatic heterocycles. The molecule has 0 radical (unpaired) electrons. The summed E-state index contributed by atoms with van der Waals surface area (Å²) in [4.78, 5) is 1.34. The standard InChI is InChI=1S/C25H32F3NOS/c1-3-30-15-16(2)11-24-29-14-23(31-24)19-12-18-5-4-6-21(18)22(13-19)17-7-9-20(10-8-17)25(26,27)28/h4-7,13-14,16,18-20,24,29H,3,8-12,15H2,1-2H3. The molecule has 0 bridgehead atoms. The SMILES string of the molecule is CCOCC(C)CC1NC=C(C2C=C(C3=CCC(C(F)(F)F)CC3)C3=CC=CC3C2)S1. The third-order valence-electron chi connectivity index (χ3n) is 6.70. The van der Waals surface area contributed by atoms with E-state index < -0.39 is 12.1 Å². The zero-order valence-corrected chi connectivity index (χ0v) is 19.1. The van der Waals surface area contributed by atoms with Crippen LogP contribution < -0.4 is 5.32 Å². The maximum Gasteiger partial charge on any atom is 0.392 e. The van der Waals surface area contributed by atoms with Crippen molar-refractivity contribution in [3.63, 3.8) is 0 Å². The summed E-state index contributed by atoms with van der Waals surface area (Å²) in [7, 11) is 0. The summed E-state index contributed by atoms with van der Waals surface area (Å²) in [6.45, 7) is 5.77. The Kier molecular flexibility index (Phi) is 7.07. The number of nitrogens with one attached hydrogen (secondary N) is 1. The Morgan fingerprint density at radius 2 is 2.13 bits per heavy atom. The molecule has 0 amide bonds. The van der Waals surface area contributed by atoms with Gasteiger partial charge in [0.1, 0.15) is 0 Å². The Morgan fingerprint density at radius 1 is 1.29 bits per heavy atom. The van der Waals surface area contributed by atoms with Crippen molar-refractivity contribution in [2.75, 3.05) is 13.2 Å². The quantitative estimate of drug-likeness (QED) is 0.455. The molecule has 1 N–H and O–H groups in total. The van der Waals surface area contributed by atoms with Gasteiger partial charge in [-0.1, -0.05) is 37.3 Å². The first-order valence-electron chi connectivity index (χ1n) is 11.4. The van der Waals surface area contributed by atoms with Gasteiger partial charge in [0.2, 0.25) is 0 Å². The Bertz CT molecular complexity index is 823. The molecule has 0 fully saturated rings. The molecule has 5 unspecified atom stereocenters. The van der Waals surface area contributed by atoms with Gasteiger partial charge in [0.05, 0.1) is 11.3 Å². The molecule has 2 nitrogen and oxygen atoms in total. The van der Waals surface area contributed by atoms with Crippen molar-refractivity contribution in [2.45, 2.75) is 57.5 Å².